The van der Waals surface area contributed by atoms with Gasteiger partial charge in [0, 0.05) is 6.42 Å². The Hall–Kier alpha value is 0.0400. The predicted molar refractivity (Wildman–Crippen MR) is 50.3 cm³/mol. The van der Waals surface area contributed by atoms with E-state index in [4.69, 9.17) is 0 Å². The lowest BCUT2D eigenvalue weighted by Crippen LogP contribution is -1.89. The Labute approximate surface area is 72.5 Å². The van der Waals surface area contributed by atoms with Gasteiger partial charge in [-0.25, -0.2) is 0 Å². The van der Waals surface area contributed by atoms with Crippen molar-refractivity contribution in [1.82, 2.24) is 0 Å². The highest BCUT2D eigenvalue weighted by Gasteiger charge is 1.94. The van der Waals surface area contributed by atoms with Gasteiger partial charge in [0.1, 0.15) is 0 Å². The minimum atomic E-state index is 0.813. The second-order valence-electron chi connectivity index (χ2n) is 2.54. The van der Waals surface area contributed by atoms with Crippen LogP contribution in [0.15, 0.2) is 0 Å². The van der Waals surface area contributed by atoms with E-state index in [-0.39, 0.29) is 0 Å². The summed E-state index contributed by atoms with van der Waals surface area (Å²) in [5.74, 6) is 6.94. The van der Waals surface area contributed by atoms with Crippen LogP contribution in [0.1, 0.15) is 33.1 Å². The van der Waals surface area contributed by atoms with Gasteiger partial charge in [0.15, 0.2) is 0 Å². The van der Waals surface area contributed by atoms with Crippen LogP contribution in [-0.4, -0.2) is 5.33 Å². The number of halogens is 1. The van der Waals surface area contributed by atoms with E-state index in [1.807, 2.05) is 0 Å². The largest absolute Gasteiger partial charge is 0.102 e. The van der Waals surface area contributed by atoms with Crippen LogP contribution in [0.5, 0.6) is 0 Å². The molecule has 58 valence electrons. The molecule has 0 nitrogen and oxygen atoms in total. The maximum Gasteiger partial charge on any atom is 0.0645 e. The van der Waals surface area contributed by atoms with Gasteiger partial charge in [0.25, 0.3) is 0 Å². The topological polar surface area (TPSA) is 0 Å². The Bertz CT molecular complexity index is 118. The molecule has 1 heteroatoms. The average molecular weight is 203 g/mol. The molecule has 0 saturated heterocycles. The summed E-state index contributed by atoms with van der Waals surface area (Å²) in [4.78, 5) is 0. The van der Waals surface area contributed by atoms with Crippen LogP contribution in [0.3, 0.4) is 0 Å². The zero-order valence-corrected chi connectivity index (χ0v) is 8.37. The minimum Gasteiger partial charge on any atom is -0.102 e. The normalized spacial score (nSPS) is 11.9. The predicted octanol–water partition coefficient (Wildman–Crippen LogP) is 3.21. The van der Waals surface area contributed by atoms with E-state index < -0.39 is 0 Å². The van der Waals surface area contributed by atoms with E-state index >= 15 is 0 Å². The minimum absolute atomic E-state index is 0.813. The molecule has 0 unspecified atom stereocenters. The second-order valence-corrected chi connectivity index (χ2v) is 3.10. The molecular formula is C9H15Br. The summed E-state index contributed by atoms with van der Waals surface area (Å²) in [5, 5.41) is 0.813. The van der Waals surface area contributed by atoms with E-state index in [0.29, 0.717) is 0 Å². The van der Waals surface area contributed by atoms with Crippen LogP contribution < -0.4 is 0 Å². The molecule has 0 aromatic heterocycles. The van der Waals surface area contributed by atoms with Gasteiger partial charge < -0.3 is 0 Å². The molecule has 0 amide bonds. The third-order valence-electron chi connectivity index (χ3n) is 1.65. The van der Waals surface area contributed by atoms with E-state index in [2.05, 4.69) is 41.6 Å². The van der Waals surface area contributed by atoms with Crippen LogP contribution in [0.25, 0.3) is 0 Å². The highest BCUT2D eigenvalue weighted by molar-refractivity contribution is 9.09. The molecule has 0 aliphatic rings. The van der Waals surface area contributed by atoms with E-state index in [0.717, 1.165) is 17.7 Å². The molecule has 0 aliphatic heterocycles. The standard InChI is InChI=1S/C9H15Br/c1-3-9(2)7-5-4-6-8-10/h9H,3,5,7-8H2,1-2H3/t9-/m0/s1. The van der Waals surface area contributed by atoms with Gasteiger partial charge in [0.2, 0.25) is 0 Å². The molecule has 0 aromatic carbocycles. The maximum atomic E-state index is 3.26. The molecule has 0 bridgehead atoms. The second kappa shape index (κ2) is 7.15. The zero-order valence-electron chi connectivity index (χ0n) is 6.78. The van der Waals surface area contributed by atoms with Crippen LogP contribution in [-0.2, 0) is 0 Å². The quantitative estimate of drug-likeness (QED) is 0.488. The van der Waals surface area contributed by atoms with Crippen molar-refractivity contribution in [3.63, 3.8) is 0 Å². The first kappa shape index (κ1) is 10.0. The summed E-state index contributed by atoms with van der Waals surface area (Å²) in [5.41, 5.74) is 0. The van der Waals surface area contributed by atoms with Gasteiger partial charge in [-0.1, -0.05) is 42.1 Å². The van der Waals surface area contributed by atoms with Crippen molar-refractivity contribution in [3.8, 4) is 11.8 Å². The van der Waals surface area contributed by atoms with Gasteiger partial charge in [-0.05, 0) is 12.3 Å². The highest BCUT2D eigenvalue weighted by atomic mass is 79.9. The smallest absolute Gasteiger partial charge is 0.0645 e. The van der Waals surface area contributed by atoms with Crippen molar-refractivity contribution in [2.45, 2.75) is 33.1 Å². The molecule has 0 N–H and O–H groups in total. The first-order chi connectivity index (χ1) is 4.81. The van der Waals surface area contributed by atoms with Crippen molar-refractivity contribution in [3.05, 3.63) is 0 Å². The summed E-state index contributed by atoms with van der Waals surface area (Å²) in [6.45, 7) is 4.50. The summed E-state index contributed by atoms with van der Waals surface area (Å²) in [6, 6.07) is 0. The van der Waals surface area contributed by atoms with Crippen LogP contribution in [0.4, 0.5) is 0 Å². The third kappa shape index (κ3) is 6.16. The average Bonchev–Trinajstić information content (AvgIpc) is 1.98. The first-order valence-corrected chi connectivity index (χ1v) is 4.95. The van der Waals surface area contributed by atoms with E-state index in [1.54, 1.807) is 0 Å². The molecule has 0 spiro atoms. The van der Waals surface area contributed by atoms with Crippen molar-refractivity contribution >= 4 is 15.9 Å². The first-order valence-electron chi connectivity index (χ1n) is 3.83. The van der Waals surface area contributed by atoms with Gasteiger partial charge in [-0.3, -0.25) is 0 Å². The fourth-order valence-corrected chi connectivity index (χ4v) is 0.857. The van der Waals surface area contributed by atoms with Crippen molar-refractivity contribution in [2.24, 2.45) is 5.92 Å². The Morgan fingerprint density at radius 2 is 2.10 bits per heavy atom. The summed E-state index contributed by atoms with van der Waals surface area (Å²) < 4.78 is 0. The molecule has 0 aromatic rings. The van der Waals surface area contributed by atoms with E-state index in [9.17, 15) is 0 Å². The lowest BCUT2D eigenvalue weighted by Gasteiger charge is -2.02. The fourth-order valence-electron chi connectivity index (χ4n) is 0.658. The SMILES string of the molecule is CC[C@H](C)CCC#CCBr. The summed E-state index contributed by atoms with van der Waals surface area (Å²) in [6.07, 6.45) is 3.58. The Morgan fingerprint density at radius 3 is 2.60 bits per heavy atom. The summed E-state index contributed by atoms with van der Waals surface area (Å²) in [7, 11) is 0. The Morgan fingerprint density at radius 1 is 1.40 bits per heavy atom. The van der Waals surface area contributed by atoms with Crippen LogP contribution >= 0.6 is 15.9 Å². The lowest BCUT2D eigenvalue weighted by atomic mass is 10.0. The molecule has 0 aliphatic carbocycles. The summed E-state index contributed by atoms with van der Waals surface area (Å²) >= 11 is 3.26. The molecule has 0 fully saturated rings. The Balaban J connectivity index is 3.18. The van der Waals surface area contributed by atoms with Crippen molar-refractivity contribution in [2.75, 3.05) is 5.33 Å². The molecule has 0 rings (SSSR count). The van der Waals surface area contributed by atoms with Gasteiger partial charge in [-0.2, -0.15) is 0 Å². The van der Waals surface area contributed by atoms with Gasteiger partial charge in [0.05, 0.1) is 5.33 Å². The number of alkyl halides is 1. The Kier molecular flexibility index (Phi) is 7.18. The number of hydrogen-bond acceptors (Lipinski definition) is 0. The zero-order chi connectivity index (χ0) is 7.82. The number of rotatable bonds is 3. The maximum absolute atomic E-state index is 3.26. The van der Waals surface area contributed by atoms with Crippen LogP contribution in [0.2, 0.25) is 0 Å². The molecular weight excluding hydrogens is 188 g/mol. The molecule has 10 heavy (non-hydrogen) atoms. The van der Waals surface area contributed by atoms with Crippen molar-refractivity contribution in [1.29, 1.82) is 0 Å². The molecule has 0 saturated carbocycles. The number of hydrogen-bond donors (Lipinski definition) is 0. The lowest BCUT2D eigenvalue weighted by molar-refractivity contribution is 0.525. The monoisotopic (exact) mass is 202 g/mol. The third-order valence-corrected chi connectivity index (χ3v) is 1.93. The van der Waals surface area contributed by atoms with Crippen molar-refractivity contribution < 1.29 is 0 Å². The van der Waals surface area contributed by atoms with Gasteiger partial charge >= 0.3 is 0 Å². The molecule has 0 heterocycles. The molecule has 1 atom stereocenters. The fraction of sp³-hybridized carbons (Fsp3) is 0.778. The van der Waals surface area contributed by atoms with Gasteiger partial charge in [-0.15, -0.1) is 5.92 Å². The van der Waals surface area contributed by atoms with E-state index in [1.165, 1.54) is 12.8 Å². The molecule has 0 radical (unpaired) electrons. The highest BCUT2D eigenvalue weighted by Crippen LogP contribution is 2.07. The van der Waals surface area contributed by atoms with Crippen LogP contribution in [0, 0.1) is 17.8 Å².